The SMILES string of the molecule is Cc1cccc(C(=O)NC2CCN(C(=O)COc3ccc(Cl)cc3Cl)CC2)c1. The van der Waals surface area contributed by atoms with Crippen LogP contribution in [0.5, 0.6) is 5.75 Å². The van der Waals surface area contributed by atoms with Crippen LogP contribution in [0.25, 0.3) is 0 Å². The molecular weight excluding hydrogens is 399 g/mol. The van der Waals surface area contributed by atoms with E-state index in [1.54, 1.807) is 29.2 Å². The smallest absolute Gasteiger partial charge is 0.260 e. The van der Waals surface area contributed by atoms with E-state index in [0.717, 1.165) is 5.56 Å². The van der Waals surface area contributed by atoms with Gasteiger partial charge in [0.2, 0.25) is 0 Å². The minimum absolute atomic E-state index is 0.0590. The molecule has 1 fully saturated rings. The molecule has 0 aromatic heterocycles. The van der Waals surface area contributed by atoms with Gasteiger partial charge in [0.15, 0.2) is 6.61 Å². The number of carbonyl (C=O) groups excluding carboxylic acids is 2. The van der Waals surface area contributed by atoms with Gasteiger partial charge < -0.3 is 15.0 Å². The summed E-state index contributed by atoms with van der Waals surface area (Å²) < 4.78 is 5.52. The summed E-state index contributed by atoms with van der Waals surface area (Å²) in [6, 6.07) is 12.4. The average Bonchev–Trinajstić information content (AvgIpc) is 2.67. The highest BCUT2D eigenvalue weighted by molar-refractivity contribution is 6.35. The van der Waals surface area contributed by atoms with Gasteiger partial charge in [-0.05, 0) is 50.1 Å². The Morgan fingerprint density at radius 3 is 2.57 bits per heavy atom. The maximum atomic E-state index is 12.4. The lowest BCUT2D eigenvalue weighted by atomic mass is 10.0. The van der Waals surface area contributed by atoms with Gasteiger partial charge in [-0.1, -0.05) is 40.9 Å². The summed E-state index contributed by atoms with van der Waals surface area (Å²) in [5.41, 5.74) is 1.71. The van der Waals surface area contributed by atoms with Gasteiger partial charge in [0.05, 0.1) is 5.02 Å². The van der Waals surface area contributed by atoms with Gasteiger partial charge in [0.25, 0.3) is 11.8 Å². The summed E-state index contributed by atoms with van der Waals surface area (Å²) in [5, 5.41) is 3.94. The third-order valence-electron chi connectivity index (χ3n) is 4.71. The van der Waals surface area contributed by atoms with E-state index in [2.05, 4.69) is 5.32 Å². The van der Waals surface area contributed by atoms with Crippen molar-refractivity contribution in [2.75, 3.05) is 19.7 Å². The number of benzene rings is 2. The van der Waals surface area contributed by atoms with E-state index in [0.29, 0.717) is 47.3 Å². The van der Waals surface area contributed by atoms with E-state index in [4.69, 9.17) is 27.9 Å². The van der Waals surface area contributed by atoms with Gasteiger partial charge in [-0.15, -0.1) is 0 Å². The number of rotatable bonds is 5. The first kappa shape index (κ1) is 20.5. The Morgan fingerprint density at radius 1 is 1.14 bits per heavy atom. The van der Waals surface area contributed by atoms with Gasteiger partial charge in [0, 0.05) is 29.7 Å². The number of likely N-dealkylation sites (tertiary alicyclic amines) is 1. The standard InChI is InChI=1S/C21H22Cl2N2O3/c1-14-3-2-4-15(11-14)21(27)24-17-7-9-25(10-8-17)20(26)13-28-19-6-5-16(22)12-18(19)23/h2-6,11-12,17H,7-10,13H2,1H3,(H,24,27). The number of amides is 2. The number of ether oxygens (including phenoxy) is 1. The summed E-state index contributed by atoms with van der Waals surface area (Å²) in [7, 11) is 0. The molecule has 28 heavy (non-hydrogen) atoms. The molecule has 1 aliphatic heterocycles. The Morgan fingerprint density at radius 2 is 1.89 bits per heavy atom. The van der Waals surface area contributed by atoms with Gasteiger partial charge in [-0.3, -0.25) is 9.59 Å². The van der Waals surface area contributed by atoms with Crippen molar-refractivity contribution in [2.45, 2.75) is 25.8 Å². The van der Waals surface area contributed by atoms with Crippen LogP contribution >= 0.6 is 23.2 Å². The summed E-state index contributed by atoms with van der Waals surface area (Å²) >= 11 is 11.9. The maximum Gasteiger partial charge on any atom is 0.260 e. The topological polar surface area (TPSA) is 58.6 Å². The molecule has 5 nitrogen and oxygen atoms in total. The van der Waals surface area contributed by atoms with Crippen LogP contribution in [0.3, 0.4) is 0 Å². The highest BCUT2D eigenvalue weighted by atomic mass is 35.5. The predicted octanol–water partition coefficient (Wildman–Crippen LogP) is 4.10. The Labute approximate surface area is 174 Å². The Balaban J connectivity index is 1.45. The third kappa shape index (κ3) is 5.40. The predicted molar refractivity (Wildman–Crippen MR) is 110 cm³/mol. The van der Waals surface area contributed by atoms with Crippen molar-refractivity contribution < 1.29 is 14.3 Å². The first-order chi connectivity index (χ1) is 13.4. The minimum Gasteiger partial charge on any atom is -0.482 e. The van der Waals surface area contributed by atoms with Crippen LogP contribution in [-0.2, 0) is 4.79 Å². The molecule has 3 rings (SSSR count). The van der Waals surface area contributed by atoms with Crippen LogP contribution in [-0.4, -0.2) is 42.5 Å². The molecular formula is C21H22Cl2N2O3. The van der Waals surface area contributed by atoms with E-state index in [-0.39, 0.29) is 24.5 Å². The molecule has 2 amide bonds. The normalized spacial score (nSPS) is 14.6. The van der Waals surface area contributed by atoms with E-state index in [1.165, 1.54) is 0 Å². The van der Waals surface area contributed by atoms with Crippen LogP contribution in [0.2, 0.25) is 10.0 Å². The summed E-state index contributed by atoms with van der Waals surface area (Å²) in [4.78, 5) is 26.5. The van der Waals surface area contributed by atoms with Crippen molar-refractivity contribution in [1.29, 1.82) is 0 Å². The fourth-order valence-corrected chi connectivity index (χ4v) is 3.61. The zero-order valence-corrected chi connectivity index (χ0v) is 17.1. The number of piperidine rings is 1. The number of hydrogen-bond acceptors (Lipinski definition) is 3. The second-order valence-corrected chi connectivity index (χ2v) is 7.71. The number of halogens is 2. The van der Waals surface area contributed by atoms with Gasteiger partial charge in [0.1, 0.15) is 5.75 Å². The van der Waals surface area contributed by atoms with Crippen LogP contribution in [0, 0.1) is 6.92 Å². The molecule has 0 atom stereocenters. The van der Waals surface area contributed by atoms with Crippen LogP contribution in [0.1, 0.15) is 28.8 Å². The van der Waals surface area contributed by atoms with Crippen LogP contribution < -0.4 is 10.1 Å². The molecule has 1 heterocycles. The van der Waals surface area contributed by atoms with E-state index in [1.807, 2.05) is 25.1 Å². The van der Waals surface area contributed by atoms with Gasteiger partial charge in [-0.25, -0.2) is 0 Å². The lowest BCUT2D eigenvalue weighted by Crippen LogP contribution is -2.47. The molecule has 1 aliphatic rings. The van der Waals surface area contributed by atoms with Gasteiger partial charge >= 0.3 is 0 Å². The molecule has 0 saturated carbocycles. The molecule has 0 radical (unpaired) electrons. The fourth-order valence-electron chi connectivity index (χ4n) is 3.15. The Hall–Kier alpha value is -2.24. The minimum atomic E-state index is -0.102. The number of nitrogens with zero attached hydrogens (tertiary/aromatic N) is 1. The first-order valence-corrected chi connectivity index (χ1v) is 9.91. The monoisotopic (exact) mass is 420 g/mol. The fraction of sp³-hybridized carbons (Fsp3) is 0.333. The number of nitrogens with one attached hydrogen (secondary N) is 1. The molecule has 0 unspecified atom stereocenters. The lowest BCUT2D eigenvalue weighted by Gasteiger charge is -2.32. The lowest BCUT2D eigenvalue weighted by molar-refractivity contribution is -0.134. The summed E-state index contributed by atoms with van der Waals surface area (Å²) in [6.45, 7) is 3.03. The molecule has 0 aliphatic carbocycles. The molecule has 1 saturated heterocycles. The summed E-state index contributed by atoms with van der Waals surface area (Å²) in [6.07, 6.45) is 1.43. The average molecular weight is 421 g/mol. The second kappa shape index (κ2) is 9.30. The molecule has 1 N–H and O–H groups in total. The highest BCUT2D eigenvalue weighted by Gasteiger charge is 2.24. The Bertz CT molecular complexity index is 864. The molecule has 2 aromatic carbocycles. The quantitative estimate of drug-likeness (QED) is 0.791. The van der Waals surface area contributed by atoms with E-state index < -0.39 is 0 Å². The third-order valence-corrected chi connectivity index (χ3v) is 5.24. The molecule has 7 heteroatoms. The molecule has 2 aromatic rings. The van der Waals surface area contributed by atoms with Crippen molar-refractivity contribution >= 4 is 35.0 Å². The second-order valence-electron chi connectivity index (χ2n) is 6.86. The van der Waals surface area contributed by atoms with Gasteiger partial charge in [-0.2, -0.15) is 0 Å². The van der Waals surface area contributed by atoms with Crippen molar-refractivity contribution in [3.8, 4) is 5.75 Å². The molecule has 0 spiro atoms. The zero-order chi connectivity index (χ0) is 20.1. The zero-order valence-electron chi connectivity index (χ0n) is 15.6. The van der Waals surface area contributed by atoms with Crippen LogP contribution in [0.4, 0.5) is 0 Å². The number of hydrogen-bond donors (Lipinski definition) is 1. The molecule has 148 valence electrons. The van der Waals surface area contributed by atoms with E-state index >= 15 is 0 Å². The van der Waals surface area contributed by atoms with Crippen molar-refractivity contribution in [1.82, 2.24) is 10.2 Å². The Kier molecular flexibility index (Phi) is 6.81. The molecule has 0 bridgehead atoms. The largest absolute Gasteiger partial charge is 0.482 e. The number of aryl methyl sites for hydroxylation is 1. The van der Waals surface area contributed by atoms with Crippen LogP contribution in [0.15, 0.2) is 42.5 Å². The van der Waals surface area contributed by atoms with Crippen molar-refractivity contribution in [3.05, 3.63) is 63.6 Å². The first-order valence-electron chi connectivity index (χ1n) is 9.15. The highest BCUT2D eigenvalue weighted by Crippen LogP contribution is 2.27. The van der Waals surface area contributed by atoms with Crippen molar-refractivity contribution in [2.24, 2.45) is 0 Å². The van der Waals surface area contributed by atoms with Crippen molar-refractivity contribution in [3.63, 3.8) is 0 Å². The summed E-state index contributed by atoms with van der Waals surface area (Å²) in [5.74, 6) is 0.253. The number of carbonyl (C=O) groups is 2. The van der Waals surface area contributed by atoms with E-state index in [9.17, 15) is 9.59 Å². The maximum absolute atomic E-state index is 12.4.